The van der Waals surface area contributed by atoms with Gasteiger partial charge in [0, 0.05) is 0 Å². The van der Waals surface area contributed by atoms with E-state index in [0.29, 0.717) is 5.75 Å². The second kappa shape index (κ2) is 8.37. The lowest BCUT2D eigenvalue weighted by Crippen LogP contribution is -2.44. The molecule has 0 saturated carbocycles. The minimum absolute atomic E-state index is 0.183. The van der Waals surface area contributed by atoms with Gasteiger partial charge < -0.3 is 4.74 Å². The van der Waals surface area contributed by atoms with Crippen LogP contribution in [0, 0.1) is 6.92 Å². The SMILES string of the molecule is Cc1cccc(OCC(=O)NNC(=O)Cc2cccc(C(F)(F)F)c2)c1. The Hall–Kier alpha value is -3.03. The third kappa shape index (κ3) is 6.12. The number of amides is 2. The van der Waals surface area contributed by atoms with Gasteiger partial charge in [0.25, 0.3) is 5.91 Å². The summed E-state index contributed by atoms with van der Waals surface area (Å²) in [6.07, 6.45) is -4.78. The van der Waals surface area contributed by atoms with Crippen molar-refractivity contribution >= 4 is 11.8 Å². The molecule has 2 aromatic carbocycles. The fraction of sp³-hybridized carbons (Fsp3) is 0.222. The molecule has 138 valence electrons. The van der Waals surface area contributed by atoms with Gasteiger partial charge in [-0.15, -0.1) is 0 Å². The molecule has 8 heteroatoms. The zero-order valence-corrected chi connectivity index (χ0v) is 13.9. The molecule has 0 aromatic heterocycles. The van der Waals surface area contributed by atoms with Gasteiger partial charge in [-0.05, 0) is 36.2 Å². The van der Waals surface area contributed by atoms with E-state index in [1.54, 1.807) is 18.2 Å². The van der Waals surface area contributed by atoms with Crippen molar-refractivity contribution in [2.45, 2.75) is 19.5 Å². The summed E-state index contributed by atoms with van der Waals surface area (Å²) < 4.78 is 43.2. The quantitative estimate of drug-likeness (QED) is 0.800. The molecule has 0 saturated heterocycles. The third-order valence-corrected chi connectivity index (χ3v) is 3.32. The molecule has 2 aromatic rings. The van der Waals surface area contributed by atoms with E-state index in [-0.39, 0.29) is 18.6 Å². The van der Waals surface area contributed by atoms with E-state index >= 15 is 0 Å². The van der Waals surface area contributed by atoms with Gasteiger partial charge in [0.15, 0.2) is 6.61 Å². The average molecular weight is 366 g/mol. The number of benzene rings is 2. The van der Waals surface area contributed by atoms with Gasteiger partial charge in [-0.1, -0.05) is 30.3 Å². The molecule has 0 aliphatic rings. The van der Waals surface area contributed by atoms with Crippen molar-refractivity contribution in [2.75, 3.05) is 6.61 Å². The lowest BCUT2D eigenvalue weighted by Gasteiger charge is -2.10. The van der Waals surface area contributed by atoms with E-state index in [2.05, 4.69) is 10.9 Å². The predicted molar refractivity (Wildman–Crippen MR) is 88.1 cm³/mol. The average Bonchev–Trinajstić information content (AvgIpc) is 2.58. The second-order valence-corrected chi connectivity index (χ2v) is 5.58. The van der Waals surface area contributed by atoms with Crippen LogP contribution < -0.4 is 15.6 Å². The summed E-state index contributed by atoms with van der Waals surface area (Å²) in [5.41, 5.74) is 4.60. The Morgan fingerprint density at radius 2 is 1.69 bits per heavy atom. The molecule has 0 heterocycles. The first-order chi connectivity index (χ1) is 12.2. The number of hydrogen-bond donors (Lipinski definition) is 2. The van der Waals surface area contributed by atoms with Gasteiger partial charge in [-0.25, -0.2) is 0 Å². The number of hydrogen-bond acceptors (Lipinski definition) is 3. The first kappa shape index (κ1) is 19.3. The van der Waals surface area contributed by atoms with Gasteiger partial charge in [-0.2, -0.15) is 13.2 Å². The summed E-state index contributed by atoms with van der Waals surface area (Å²) in [4.78, 5) is 23.4. The van der Waals surface area contributed by atoms with Crippen LogP contribution in [0.3, 0.4) is 0 Å². The monoisotopic (exact) mass is 366 g/mol. The van der Waals surface area contributed by atoms with Crippen LogP contribution in [0.4, 0.5) is 13.2 Å². The van der Waals surface area contributed by atoms with E-state index < -0.39 is 23.6 Å². The Morgan fingerprint density at radius 1 is 1.00 bits per heavy atom. The van der Waals surface area contributed by atoms with Crippen molar-refractivity contribution in [1.82, 2.24) is 10.9 Å². The highest BCUT2D eigenvalue weighted by atomic mass is 19.4. The molecule has 2 amide bonds. The molecule has 0 aliphatic carbocycles. The van der Waals surface area contributed by atoms with Gasteiger partial charge in [0.05, 0.1) is 12.0 Å². The summed E-state index contributed by atoms with van der Waals surface area (Å²) in [6, 6.07) is 11.5. The van der Waals surface area contributed by atoms with Gasteiger partial charge in [0.2, 0.25) is 5.91 Å². The fourth-order valence-corrected chi connectivity index (χ4v) is 2.12. The molecule has 0 unspecified atom stereocenters. The van der Waals surface area contributed by atoms with Gasteiger partial charge >= 0.3 is 6.18 Å². The zero-order chi connectivity index (χ0) is 19.2. The highest BCUT2D eigenvalue weighted by Gasteiger charge is 2.30. The third-order valence-electron chi connectivity index (χ3n) is 3.32. The number of hydrazine groups is 1. The van der Waals surface area contributed by atoms with E-state index in [1.165, 1.54) is 12.1 Å². The highest BCUT2D eigenvalue weighted by molar-refractivity contribution is 5.83. The zero-order valence-electron chi connectivity index (χ0n) is 13.9. The van der Waals surface area contributed by atoms with Crippen LogP contribution >= 0.6 is 0 Å². The molecule has 26 heavy (non-hydrogen) atoms. The molecule has 0 aliphatic heterocycles. The van der Waals surface area contributed by atoms with E-state index in [4.69, 9.17) is 4.74 Å². The smallest absolute Gasteiger partial charge is 0.416 e. The van der Waals surface area contributed by atoms with Crippen LogP contribution in [-0.2, 0) is 22.2 Å². The maximum Gasteiger partial charge on any atom is 0.416 e. The molecule has 2 N–H and O–H groups in total. The maximum absolute atomic E-state index is 12.6. The molecule has 0 atom stereocenters. The summed E-state index contributed by atoms with van der Waals surface area (Å²) in [7, 11) is 0. The summed E-state index contributed by atoms with van der Waals surface area (Å²) >= 11 is 0. The molecule has 5 nitrogen and oxygen atoms in total. The minimum Gasteiger partial charge on any atom is -0.484 e. The molecular formula is C18H17F3N2O3. The Morgan fingerprint density at radius 3 is 2.38 bits per heavy atom. The molecule has 0 bridgehead atoms. The number of halogens is 3. The summed E-state index contributed by atoms with van der Waals surface area (Å²) in [6.45, 7) is 1.56. The second-order valence-electron chi connectivity index (χ2n) is 5.58. The number of aryl methyl sites for hydroxylation is 1. The predicted octanol–water partition coefficient (Wildman–Crippen LogP) is 2.78. The Bertz CT molecular complexity index is 791. The van der Waals surface area contributed by atoms with Crippen LogP contribution in [0.15, 0.2) is 48.5 Å². The van der Waals surface area contributed by atoms with Crippen molar-refractivity contribution in [3.05, 3.63) is 65.2 Å². The lowest BCUT2D eigenvalue weighted by molar-refractivity contribution is -0.137. The normalized spacial score (nSPS) is 10.9. The van der Waals surface area contributed by atoms with Crippen molar-refractivity contribution in [2.24, 2.45) is 0 Å². The maximum atomic E-state index is 12.6. The highest BCUT2D eigenvalue weighted by Crippen LogP contribution is 2.29. The van der Waals surface area contributed by atoms with Crippen LogP contribution in [-0.4, -0.2) is 18.4 Å². The largest absolute Gasteiger partial charge is 0.484 e. The summed E-state index contributed by atoms with van der Waals surface area (Å²) in [5.74, 6) is -0.729. The van der Waals surface area contributed by atoms with Gasteiger partial charge in [-0.3, -0.25) is 20.4 Å². The van der Waals surface area contributed by atoms with Crippen molar-refractivity contribution in [3.8, 4) is 5.75 Å². The topological polar surface area (TPSA) is 67.4 Å². The van der Waals surface area contributed by atoms with Crippen LogP contribution in [0.2, 0.25) is 0 Å². The van der Waals surface area contributed by atoms with Crippen LogP contribution in [0.1, 0.15) is 16.7 Å². The van der Waals surface area contributed by atoms with Crippen molar-refractivity contribution < 1.29 is 27.5 Å². The number of carbonyl (C=O) groups is 2. The molecular weight excluding hydrogens is 349 g/mol. The molecule has 0 fully saturated rings. The van der Waals surface area contributed by atoms with E-state index in [1.807, 2.05) is 13.0 Å². The van der Waals surface area contributed by atoms with Gasteiger partial charge in [0.1, 0.15) is 5.75 Å². The van der Waals surface area contributed by atoms with Crippen LogP contribution in [0.5, 0.6) is 5.75 Å². The Kier molecular flexibility index (Phi) is 6.21. The van der Waals surface area contributed by atoms with E-state index in [0.717, 1.165) is 17.7 Å². The number of ether oxygens (including phenoxy) is 1. The number of nitrogens with one attached hydrogen (secondary N) is 2. The summed E-state index contributed by atoms with van der Waals surface area (Å²) in [5, 5.41) is 0. The first-order valence-corrected chi connectivity index (χ1v) is 7.67. The lowest BCUT2D eigenvalue weighted by atomic mass is 10.1. The molecule has 0 spiro atoms. The standard InChI is InChI=1S/C18H17F3N2O3/c1-12-4-2-7-15(8-12)26-11-17(25)23-22-16(24)10-13-5-3-6-14(9-13)18(19,20)21/h2-9H,10-11H2,1H3,(H,22,24)(H,23,25). The Labute approximate surface area is 148 Å². The van der Waals surface area contributed by atoms with Crippen LogP contribution in [0.25, 0.3) is 0 Å². The van der Waals surface area contributed by atoms with Crippen molar-refractivity contribution in [3.63, 3.8) is 0 Å². The number of carbonyl (C=O) groups excluding carboxylic acids is 2. The number of alkyl halides is 3. The first-order valence-electron chi connectivity index (χ1n) is 7.67. The van der Waals surface area contributed by atoms with Crippen molar-refractivity contribution in [1.29, 1.82) is 0 Å². The fourth-order valence-electron chi connectivity index (χ4n) is 2.12. The number of rotatable bonds is 5. The Balaban J connectivity index is 1.78. The minimum atomic E-state index is -4.48. The molecule has 2 rings (SSSR count). The van der Waals surface area contributed by atoms with E-state index in [9.17, 15) is 22.8 Å². The molecule has 0 radical (unpaired) electrons.